The number of pyridine rings is 1. The number of hydrogen-bond acceptors (Lipinski definition) is 4. The van der Waals surface area contributed by atoms with Gasteiger partial charge in [-0.3, -0.25) is 10.1 Å². The summed E-state index contributed by atoms with van der Waals surface area (Å²) in [5.74, 6) is -0.491. The van der Waals surface area contributed by atoms with Crippen LogP contribution in [-0.2, 0) is 6.18 Å². The van der Waals surface area contributed by atoms with Crippen LogP contribution >= 0.6 is 11.8 Å². The molecule has 0 spiro atoms. The van der Waals surface area contributed by atoms with E-state index in [1.54, 1.807) is 0 Å². The molecule has 9 heteroatoms. The lowest BCUT2D eigenvalue weighted by molar-refractivity contribution is -0.388. The SMILES string of the molecule is O=[N+]([O-])c1cc(C(F)(F)F)cnc1Sc1ccc(F)cc1. The third-order valence-electron chi connectivity index (χ3n) is 2.38. The molecule has 1 heterocycles. The van der Waals surface area contributed by atoms with Crippen LogP contribution in [0.3, 0.4) is 0 Å². The van der Waals surface area contributed by atoms with Gasteiger partial charge in [0.1, 0.15) is 5.82 Å². The zero-order valence-electron chi connectivity index (χ0n) is 10.1. The van der Waals surface area contributed by atoms with Crippen molar-refractivity contribution in [1.82, 2.24) is 4.98 Å². The summed E-state index contributed by atoms with van der Waals surface area (Å²) >= 11 is 0.784. The smallest absolute Gasteiger partial charge is 0.258 e. The van der Waals surface area contributed by atoms with Crippen molar-refractivity contribution < 1.29 is 22.5 Å². The second kappa shape index (κ2) is 5.68. The van der Waals surface area contributed by atoms with Crippen molar-refractivity contribution in [2.75, 3.05) is 0 Å². The molecule has 21 heavy (non-hydrogen) atoms. The highest BCUT2D eigenvalue weighted by Crippen LogP contribution is 2.37. The molecule has 110 valence electrons. The Kier molecular flexibility index (Phi) is 4.12. The topological polar surface area (TPSA) is 56.0 Å². The van der Waals surface area contributed by atoms with E-state index in [0.29, 0.717) is 17.2 Å². The Bertz CT molecular complexity index is 674. The van der Waals surface area contributed by atoms with Gasteiger partial charge in [0.15, 0.2) is 5.03 Å². The highest BCUT2D eigenvalue weighted by atomic mass is 32.2. The zero-order valence-corrected chi connectivity index (χ0v) is 10.9. The van der Waals surface area contributed by atoms with E-state index in [2.05, 4.69) is 4.98 Å². The summed E-state index contributed by atoms with van der Waals surface area (Å²) in [6.45, 7) is 0. The number of rotatable bonds is 3. The highest BCUT2D eigenvalue weighted by molar-refractivity contribution is 7.99. The van der Waals surface area contributed by atoms with Crippen molar-refractivity contribution in [3.63, 3.8) is 0 Å². The molecule has 0 bridgehead atoms. The Labute approximate surface area is 120 Å². The standard InChI is InChI=1S/C12H6F4N2O2S/c13-8-1-3-9(4-2-8)21-11-10(18(19)20)5-7(6-17-11)12(14,15)16/h1-6H. The normalized spacial score (nSPS) is 11.4. The fraction of sp³-hybridized carbons (Fsp3) is 0.0833. The van der Waals surface area contributed by atoms with Gasteiger partial charge in [0.25, 0.3) is 0 Å². The molecule has 0 N–H and O–H groups in total. The third kappa shape index (κ3) is 3.69. The van der Waals surface area contributed by atoms with Crippen molar-refractivity contribution in [2.45, 2.75) is 16.1 Å². The first-order valence-corrected chi connectivity index (χ1v) is 6.24. The minimum atomic E-state index is -4.71. The molecule has 0 saturated heterocycles. The van der Waals surface area contributed by atoms with E-state index in [4.69, 9.17) is 0 Å². The van der Waals surface area contributed by atoms with Crippen molar-refractivity contribution in [3.8, 4) is 0 Å². The summed E-state index contributed by atoms with van der Waals surface area (Å²) in [4.78, 5) is 13.8. The highest BCUT2D eigenvalue weighted by Gasteiger charge is 2.34. The molecule has 0 amide bonds. The first kappa shape index (κ1) is 15.2. The Morgan fingerprint density at radius 2 is 1.81 bits per heavy atom. The maximum Gasteiger partial charge on any atom is 0.418 e. The van der Waals surface area contributed by atoms with Gasteiger partial charge in [-0.15, -0.1) is 0 Å². The molecule has 0 saturated carbocycles. The molecule has 0 aliphatic rings. The molecule has 0 unspecified atom stereocenters. The number of benzene rings is 1. The molecular formula is C12H6F4N2O2S. The molecule has 2 rings (SSSR count). The maximum absolute atomic E-state index is 12.8. The summed E-state index contributed by atoms with van der Waals surface area (Å²) in [5.41, 5.74) is -1.95. The number of nitrogens with zero attached hydrogens (tertiary/aromatic N) is 2. The van der Waals surface area contributed by atoms with Gasteiger partial charge in [-0.2, -0.15) is 13.2 Å². The van der Waals surface area contributed by atoms with Gasteiger partial charge in [-0.05, 0) is 24.3 Å². The van der Waals surface area contributed by atoms with Gasteiger partial charge in [-0.1, -0.05) is 11.8 Å². The number of hydrogen-bond donors (Lipinski definition) is 0. The largest absolute Gasteiger partial charge is 0.418 e. The van der Waals surface area contributed by atoms with Crippen molar-refractivity contribution in [3.05, 3.63) is 58.0 Å². The van der Waals surface area contributed by atoms with Crippen LogP contribution in [0.15, 0.2) is 46.5 Å². The van der Waals surface area contributed by atoms with E-state index in [1.165, 1.54) is 12.1 Å². The predicted octanol–water partition coefficient (Wildman–Crippen LogP) is 4.30. The average Bonchev–Trinajstić information content (AvgIpc) is 2.40. The van der Waals surface area contributed by atoms with E-state index in [1.807, 2.05) is 0 Å². The number of aromatic nitrogens is 1. The predicted molar refractivity (Wildman–Crippen MR) is 66.4 cm³/mol. The molecule has 0 aliphatic heterocycles. The molecule has 1 aromatic heterocycles. The van der Waals surface area contributed by atoms with E-state index in [9.17, 15) is 27.7 Å². The molecule has 0 aliphatic carbocycles. The first-order valence-electron chi connectivity index (χ1n) is 5.42. The Hall–Kier alpha value is -2.16. The molecule has 0 radical (unpaired) electrons. The second-order valence-electron chi connectivity index (χ2n) is 3.86. The van der Waals surface area contributed by atoms with Crippen molar-refractivity contribution in [2.24, 2.45) is 0 Å². The van der Waals surface area contributed by atoms with Crippen LogP contribution in [0.5, 0.6) is 0 Å². The fourth-order valence-corrected chi connectivity index (χ4v) is 2.26. The van der Waals surface area contributed by atoms with Gasteiger partial charge in [0.2, 0.25) is 0 Å². The molecule has 1 aromatic carbocycles. The molecule has 4 nitrogen and oxygen atoms in total. The summed E-state index contributed by atoms with van der Waals surface area (Å²) in [7, 11) is 0. The number of alkyl halides is 3. The molecule has 2 aromatic rings. The quantitative estimate of drug-likeness (QED) is 0.481. The van der Waals surface area contributed by atoms with Gasteiger partial charge in [0.05, 0.1) is 10.5 Å². The van der Waals surface area contributed by atoms with E-state index >= 15 is 0 Å². The van der Waals surface area contributed by atoms with Crippen LogP contribution in [0.2, 0.25) is 0 Å². The lowest BCUT2D eigenvalue weighted by Gasteiger charge is -2.07. The van der Waals surface area contributed by atoms with Gasteiger partial charge < -0.3 is 0 Å². The van der Waals surface area contributed by atoms with Crippen LogP contribution in [0, 0.1) is 15.9 Å². The first-order chi connectivity index (χ1) is 9.77. The van der Waals surface area contributed by atoms with E-state index in [0.717, 1.165) is 23.9 Å². The van der Waals surface area contributed by atoms with Gasteiger partial charge >= 0.3 is 11.9 Å². The zero-order chi connectivity index (χ0) is 15.6. The molecular weight excluding hydrogens is 312 g/mol. The van der Waals surface area contributed by atoms with E-state index < -0.39 is 28.2 Å². The second-order valence-corrected chi connectivity index (χ2v) is 4.92. The summed E-state index contributed by atoms with van der Waals surface area (Å²) in [5, 5.41) is 10.7. The summed E-state index contributed by atoms with van der Waals surface area (Å²) in [6, 6.07) is 5.40. The Balaban J connectivity index is 2.39. The molecule has 0 fully saturated rings. The minimum absolute atomic E-state index is 0.195. The van der Waals surface area contributed by atoms with Crippen LogP contribution in [0.25, 0.3) is 0 Å². The average molecular weight is 318 g/mol. The van der Waals surface area contributed by atoms with Crippen LogP contribution in [-0.4, -0.2) is 9.91 Å². The summed E-state index contributed by atoms with van der Waals surface area (Å²) < 4.78 is 50.3. The van der Waals surface area contributed by atoms with Crippen LogP contribution < -0.4 is 0 Å². The third-order valence-corrected chi connectivity index (χ3v) is 3.40. The monoisotopic (exact) mass is 318 g/mol. The van der Waals surface area contributed by atoms with Gasteiger partial charge in [-0.25, -0.2) is 9.37 Å². The number of halogens is 4. The van der Waals surface area contributed by atoms with E-state index in [-0.39, 0.29) is 5.03 Å². The van der Waals surface area contributed by atoms with Gasteiger partial charge in [0, 0.05) is 17.2 Å². The maximum atomic E-state index is 12.8. The Morgan fingerprint density at radius 3 is 2.33 bits per heavy atom. The number of nitro groups is 1. The van der Waals surface area contributed by atoms with Crippen molar-refractivity contribution in [1.29, 1.82) is 0 Å². The summed E-state index contributed by atoms with van der Waals surface area (Å²) in [6.07, 6.45) is -4.18. The minimum Gasteiger partial charge on any atom is -0.258 e. The lowest BCUT2D eigenvalue weighted by Crippen LogP contribution is -2.07. The van der Waals surface area contributed by atoms with Crippen LogP contribution in [0.1, 0.15) is 5.56 Å². The Morgan fingerprint density at radius 1 is 1.19 bits per heavy atom. The molecule has 0 atom stereocenters. The van der Waals surface area contributed by atoms with Crippen molar-refractivity contribution >= 4 is 17.4 Å². The lowest BCUT2D eigenvalue weighted by atomic mass is 10.2. The van der Waals surface area contributed by atoms with Crippen LogP contribution in [0.4, 0.5) is 23.2 Å². The fourth-order valence-electron chi connectivity index (χ4n) is 1.42.